The smallest absolute Gasteiger partial charge is 0.0355 e. The fourth-order valence-electron chi connectivity index (χ4n) is 7.66. The van der Waals surface area contributed by atoms with Gasteiger partial charge in [-0.25, -0.2) is 0 Å². The molecular weight excluding hydrogens is 537 g/mol. The number of benzene rings is 7. The number of thiophene rings is 1. The molecule has 0 radical (unpaired) electrons. The summed E-state index contributed by atoms with van der Waals surface area (Å²) in [6.45, 7) is 6.95. The minimum Gasteiger partial charge on any atom is -0.135 e. The molecule has 1 heteroatoms. The fourth-order valence-corrected chi connectivity index (χ4v) is 8.74. The number of fused-ring (bicyclic) bond motifs is 8. The van der Waals surface area contributed by atoms with Gasteiger partial charge in [0, 0.05) is 25.6 Å². The van der Waals surface area contributed by atoms with Crippen molar-refractivity contribution in [2.75, 3.05) is 0 Å². The second-order valence-electron chi connectivity index (χ2n) is 12.6. The van der Waals surface area contributed by atoms with Gasteiger partial charge in [-0.1, -0.05) is 123 Å². The molecule has 0 N–H and O–H groups in total. The van der Waals surface area contributed by atoms with E-state index in [1.807, 2.05) is 11.3 Å². The van der Waals surface area contributed by atoms with Crippen LogP contribution in [0.25, 0.3) is 75.1 Å². The summed E-state index contributed by atoms with van der Waals surface area (Å²) < 4.78 is 2.69. The standard InChI is InChI=1S/C42H30S/c1-25-16-19-33-35(22-25)41(26-18-21-39-34(23-26)30-11-7-9-15-38(30)43-39)32-13-5-4-12-31(32)40(33)27-17-20-29-28-10-6-8-14-36(28)42(2,3)37(29)24-27/h4-24H,1-3H3. The van der Waals surface area contributed by atoms with Crippen molar-refractivity contribution in [3.05, 3.63) is 144 Å². The molecule has 0 fully saturated rings. The van der Waals surface area contributed by atoms with Gasteiger partial charge in [-0.2, -0.15) is 0 Å². The molecule has 0 saturated heterocycles. The van der Waals surface area contributed by atoms with Crippen LogP contribution in [0.4, 0.5) is 0 Å². The van der Waals surface area contributed by atoms with Crippen LogP contribution >= 0.6 is 11.3 Å². The Bertz CT molecular complexity index is 2440. The number of rotatable bonds is 2. The maximum Gasteiger partial charge on any atom is 0.0355 e. The zero-order chi connectivity index (χ0) is 28.9. The van der Waals surface area contributed by atoms with E-state index in [9.17, 15) is 0 Å². The Morgan fingerprint density at radius 2 is 1.05 bits per heavy atom. The van der Waals surface area contributed by atoms with E-state index in [1.54, 1.807) is 0 Å². The largest absolute Gasteiger partial charge is 0.135 e. The normalized spacial score (nSPS) is 13.7. The Hall–Kier alpha value is -4.72. The highest BCUT2D eigenvalue weighted by Crippen LogP contribution is 2.51. The van der Waals surface area contributed by atoms with Gasteiger partial charge >= 0.3 is 0 Å². The number of hydrogen-bond donors (Lipinski definition) is 0. The van der Waals surface area contributed by atoms with Gasteiger partial charge in [-0.05, 0) is 97.2 Å². The Labute approximate surface area is 255 Å². The van der Waals surface area contributed by atoms with Gasteiger partial charge in [0.2, 0.25) is 0 Å². The van der Waals surface area contributed by atoms with Gasteiger partial charge in [0.1, 0.15) is 0 Å². The lowest BCUT2D eigenvalue weighted by molar-refractivity contribution is 0.660. The SMILES string of the molecule is Cc1ccc2c(-c3ccc4c(c3)C(C)(C)c3ccccc3-4)c3ccccc3c(-c3ccc4sc5ccccc5c4c3)c2c1. The van der Waals surface area contributed by atoms with Gasteiger partial charge in [0.15, 0.2) is 0 Å². The molecule has 0 bridgehead atoms. The van der Waals surface area contributed by atoms with Crippen molar-refractivity contribution in [2.45, 2.75) is 26.2 Å². The van der Waals surface area contributed by atoms with E-state index in [1.165, 1.54) is 91.8 Å². The molecule has 0 amide bonds. The minimum absolute atomic E-state index is 0.0389. The topological polar surface area (TPSA) is 0 Å². The molecule has 7 aromatic carbocycles. The molecule has 8 aromatic rings. The predicted molar refractivity (Wildman–Crippen MR) is 188 cm³/mol. The first-order valence-electron chi connectivity index (χ1n) is 15.1. The zero-order valence-corrected chi connectivity index (χ0v) is 25.3. The van der Waals surface area contributed by atoms with Gasteiger partial charge < -0.3 is 0 Å². The van der Waals surface area contributed by atoms with E-state index < -0.39 is 0 Å². The molecule has 0 aliphatic heterocycles. The van der Waals surface area contributed by atoms with Gasteiger partial charge in [0.25, 0.3) is 0 Å². The number of aryl methyl sites for hydroxylation is 1. The monoisotopic (exact) mass is 566 g/mol. The van der Waals surface area contributed by atoms with Crippen molar-refractivity contribution in [1.29, 1.82) is 0 Å². The van der Waals surface area contributed by atoms with Gasteiger partial charge in [0.05, 0.1) is 0 Å². The Kier molecular flexibility index (Phi) is 5.14. The molecule has 43 heavy (non-hydrogen) atoms. The summed E-state index contributed by atoms with van der Waals surface area (Å²) in [7, 11) is 0. The molecule has 0 nitrogen and oxygen atoms in total. The molecule has 9 rings (SSSR count). The van der Waals surface area contributed by atoms with Crippen LogP contribution in [0.1, 0.15) is 30.5 Å². The average molecular weight is 567 g/mol. The van der Waals surface area contributed by atoms with E-state index in [-0.39, 0.29) is 5.41 Å². The lowest BCUT2D eigenvalue weighted by Crippen LogP contribution is -2.14. The summed E-state index contributed by atoms with van der Waals surface area (Å²) in [5.41, 5.74) is 12.0. The third-order valence-electron chi connectivity index (χ3n) is 9.72. The second kappa shape index (κ2) is 8.89. The van der Waals surface area contributed by atoms with E-state index in [2.05, 4.69) is 148 Å². The maximum absolute atomic E-state index is 2.47. The highest BCUT2D eigenvalue weighted by atomic mass is 32.1. The van der Waals surface area contributed by atoms with E-state index >= 15 is 0 Å². The highest BCUT2D eigenvalue weighted by Gasteiger charge is 2.35. The molecule has 1 aromatic heterocycles. The van der Waals surface area contributed by atoms with Crippen LogP contribution in [0.2, 0.25) is 0 Å². The summed E-state index contributed by atoms with van der Waals surface area (Å²) in [6, 6.07) is 48.0. The zero-order valence-electron chi connectivity index (χ0n) is 24.5. The molecule has 1 heterocycles. The van der Waals surface area contributed by atoms with E-state index in [0.717, 1.165) is 0 Å². The van der Waals surface area contributed by atoms with Crippen LogP contribution in [0, 0.1) is 6.92 Å². The Balaban J connectivity index is 1.36. The van der Waals surface area contributed by atoms with Crippen LogP contribution in [0.15, 0.2) is 127 Å². The summed E-state index contributed by atoms with van der Waals surface area (Å²) in [4.78, 5) is 0. The van der Waals surface area contributed by atoms with Crippen LogP contribution < -0.4 is 0 Å². The molecule has 1 aliphatic rings. The average Bonchev–Trinajstić information content (AvgIpc) is 3.51. The van der Waals surface area contributed by atoms with E-state index in [4.69, 9.17) is 0 Å². The summed E-state index contributed by atoms with van der Waals surface area (Å²) in [5.74, 6) is 0. The molecule has 0 unspecified atom stereocenters. The first-order chi connectivity index (χ1) is 21.0. The molecule has 0 saturated carbocycles. The molecule has 0 spiro atoms. The minimum atomic E-state index is -0.0389. The van der Waals surface area contributed by atoms with Crippen molar-refractivity contribution in [1.82, 2.24) is 0 Å². The van der Waals surface area contributed by atoms with Crippen LogP contribution in [-0.4, -0.2) is 0 Å². The molecule has 1 aliphatic carbocycles. The van der Waals surface area contributed by atoms with Crippen LogP contribution in [-0.2, 0) is 5.41 Å². The molecule has 204 valence electrons. The van der Waals surface area contributed by atoms with Gasteiger partial charge in [-0.15, -0.1) is 11.3 Å². The van der Waals surface area contributed by atoms with Crippen LogP contribution in [0.5, 0.6) is 0 Å². The van der Waals surface area contributed by atoms with Crippen molar-refractivity contribution >= 4 is 53.1 Å². The lowest BCUT2D eigenvalue weighted by atomic mass is 9.80. The summed E-state index contributed by atoms with van der Waals surface area (Å²) in [5, 5.41) is 7.91. The van der Waals surface area contributed by atoms with Crippen molar-refractivity contribution in [3.63, 3.8) is 0 Å². The summed E-state index contributed by atoms with van der Waals surface area (Å²) in [6.07, 6.45) is 0. The maximum atomic E-state index is 2.47. The predicted octanol–water partition coefficient (Wildman–Crippen LogP) is 12.3. The lowest BCUT2D eigenvalue weighted by Gasteiger charge is -2.23. The molecule has 0 atom stereocenters. The Morgan fingerprint density at radius 1 is 0.442 bits per heavy atom. The van der Waals surface area contributed by atoms with Gasteiger partial charge in [-0.3, -0.25) is 0 Å². The van der Waals surface area contributed by atoms with Crippen molar-refractivity contribution in [2.24, 2.45) is 0 Å². The Morgan fingerprint density at radius 3 is 1.88 bits per heavy atom. The quantitative estimate of drug-likeness (QED) is 0.183. The van der Waals surface area contributed by atoms with Crippen molar-refractivity contribution < 1.29 is 0 Å². The molecular formula is C42H30S. The number of hydrogen-bond acceptors (Lipinski definition) is 1. The first-order valence-corrected chi connectivity index (χ1v) is 15.9. The third-order valence-corrected chi connectivity index (χ3v) is 10.9. The van der Waals surface area contributed by atoms with Crippen molar-refractivity contribution in [3.8, 4) is 33.4 Å². The second-order valence-corrected chi connectivity index (χ2v) is 13.7. The third kappa shape index (κ3) is 3.49. The first kappa shape index (κ1) is 24.8. The summed E-state index contributed by atoms with van der Waals surface area (Å²) >= 11 is 1.88. The van der Waals surface area contributed by atoms with E-state index in [0.29, 0.717) is 0 Å². The highest BCUT2D eigenvalue weighted by molar-refractivity contribution is 7.25. The van der Waals surface area contributed by atoms with Crippen LogP contribution in [0.3, 0.4) is 0 Å². The fraction of sp³-hybridized carbons (Fsp3) is 0.0952.